The Balaban J connectivity index is 2.70. The Morgan fingerprint density at radius 2 is 2.12 bits per heavy atom. The van der Waals surface area contributed by atoms with Gasteiger partial charge >= 0.3 is 5.97 Å². The molecule has 5 nitrogen and oxygen atoms in total. The summed E-state index contributed by atoms with van der Waals surface area (Å²) >= 11 is 0. The first kappa shape index (κ1) is 14.0. The van der Waals surface area contributed by atoms with Gasteiger partial charge in [0.15, 0.2) is 5.54 Å². The van der Waals surface area contributed by atoms with Gasteiger partial charge in [0.1, 0.15) is 0 Å². The third-order valence-corrected chi connectivity index (χ3v) is 2.93. The molecule has 1 rings (SSSR count). The summed E-state index contributed by atoms with van der Waals surface area (Å²) in [6.45, 7) is 6.04. The minimum Gasteiger partial charge on any atom is -0.467 e. The van der Waals surface area contributed by atoms with Crippen LogP contribution in [0.25, 0.3) is 0 Å². The highest BCUT2D eigenvalue weighted by atomic mass is 16.5. The van der Waals surface area contributed by atoms with Crippen LogP contribution < -0.4 is 5.32 Å². The molecule has 1 aliphatic carbocycles. The van der Waals surface area contributed by atoms with Crippen molar-refractivity contribution in [3.8, 4) is 0 Å². The molecule has 0 unspecified atom stereocenters. The summed E-state index contributed by atoms with van der Waals surface area (Å²) in [5.41, 5.74) is -0.977. The zero-order valence-corrected chi connectivity index (χ0v) is 10.9. The number of carbonyl (C=O) groups is 2. The maximum Gasteiger partial charge on any atom is 0.334 e. The molecule has 1 amide bonds. The average molecular weight is 243 g/mol. The van der Waals surface area contributed by atoms with Crippen molar-refractivity contribution in [1.82, 2.24) is 5.32 Å². The number of methoxy groups -OCH3 is 1. The van der Waals surface area contributed by atoms with Gasteiger partial charge in [-0.15, -0.1) is 0 Å². The lowest BCUT2D eigenvalue weighted by molar-refractivity contribution is -0.171. The second-order valence-corrected chi connectivity index (χ2v) is 4.90. The molecule has 0 radical (unpaired) electrons. The second-order valence-electron chi connectivity index (χ2n) is 4.90. The molecule has 1 aliphatic rings. The molecule has 0 saturated heterocycles. The topological polar surface area (TPSA) is 64.6 Å². The molecule has 0 bridgehead atoms. The van der Waals surface area contributed by atoms with E-state index in [0.29, 0.717) is 18.9 Å². The Hall–Kier alpha value is -1.10. The number of carbonyl (C=O) groups excluding carboxylic acids is 2. The maximum absolute atomic E-state index is 11.8. The van der Waals surface area contributed by atoms with Crippen LogP contribution in [0.3, 0.4) is 0 Å². The molecule has 0 spiro atoms. The normalized spacial score (nSPS) is 27.5. The van der Waals surface area contributed by atoms with Crippen LogP contribution in [0.15, 0.2) is 0 Å². The molecule has 5 heteroatoms. The van der Waals surface area contributed by atoms with Crippen LogP contribution in [0.2, 0.25) is 0 Å². The third kappa shape index (κ3) is 2.97. The van der Waals surface area contributed by atoms with E-state index in [1.165, 1.54) is 14.0 Å². The number of hydrogen-bond donors (Lipinski definition) is 1. The Kier molecular flexibility index (Phi) is 4.51. The van der Waals surface area contributed by atoms with Crippen molar-refractivity contribution in [3.63, 3.8) is 0 Å². The Morgan fingerprint density at radius 3 is 2.47 bits per heavy atom. The van der Waals surface area contributed by atoms with Gasteiger partial charge in [-0.25, -0.2) is 4.79 Å². The Bertz CT molecular complexity index is 303. The number of esters is 1. The zero-order chi connectivity index (χ0) is 13.1. The van der Waals surface area contributed by atoms with Crippen LogP contribution in [-0.4, -0.2) is 37.2 Å². The van der Waals surface area contributed by atoms with E-state index in [1.807, 2.05) is 13.8 Å². The van der Waals surface area contributed by atoms with Gasteiger partial charge in [-0.2, -0.15) is 0 Å². The van der Waals surface area contributed by atoms with E-state index < -0.39 is 11.5 Å². The van der Waals surface area contributed by atoms with Crippen LogP contribution >= 0.6 is 0 Å². The van der Waals surface area contributed by atoms with E-state index in [4.69, 9.17) is 9.47 Å². The summed E-state index contributed by atoms with van der Waals surface area (Å²) in [7, 11) is 1.32. The van der Waals surface area contributed by atoms with E-state index >= 15 is 0 Å². The van der Waals surface area contributed by atoms with E-state index in [2.05, 4.69) is 5.32 Å². The van der Waals surface area contributed by atoms with E-state index in [9.17, 15) is 9.59 Å². The fourth-order valence-electron chi connectivity index (χ4n) is 2.01. The Morgan fingerprint density at radius 1 is 1.47 bits per heavy atom. The van der Waals surface area contributed by atoms with Crippen LogP contribution in [0, 0.1) is 5.92 Å². The first-order chi connectivity index (χ1) is 7.92. The molecule has 2 atom stereocenters. The monoisotopic (exact) mass is 243 g/mol. The third-order valence-electron chi connectivity index (χ3n) is 2.93. The molecule has 1 fully saturated rings. The van der Waals surface area contributed by atoms with Crippen LogP contribution in [0.5, 0.6) is 0 Å². The smallest absolute Gasteiger partial charge is 0.334 e. The standard InChI is InChI=1S/C12H21NO4/c1-8(2)7-17-10-5-6-12(10,11(15)16-4)13-9(3)14/h8,10H,5-7H2,1-4H3,(H,13,14)/t10-,12+/m0/s1. The molecule has 1 saturated carbocycles. The quantitative estimate of drug-likeness (QED) is 0.728. The molecular formula is C12H21NO4. The van der Waals surface area contributed by atoms with Crippen molar-refractivity contribution in [2.75, 3.05) is 13.7 Å². The largest absolute Gasteiger partial charge is 0.467 e. The average Bonchev–Trinajstić information content (AvgIpc) is 2.22. The number of ether oxygens (including phenoxy) is 2. The van der Waals surface area contributed by atoms with E-state index in [0.717, 1.165) is 6.42 Å². The van der Waals surface area contributed by atoms with Gasteiger partial charge < -0.3 is 14.8 Å². The summed E-state index contributed by atoms with van der Waals surface area (Å²) in [6, 6.07) is 0. The number of rotatable bonds is 5. The first-order valence-corrected chi connectivity index (χ1v) is 5.91. The minimum atomic E-state index is -0.977. The lowest BCUT2D eigenvalue weighted by Gasteiger charge is -2.46. The number of hydrogen-bond acceptors (Lipinski definition) is 4. The van der Waals surface area contributed by atoms with Crippen molar-refractivity contribution in [3.05, 3.63) is 0 Å². The number of nitrogens with one attached hydrogen (secondary N) is 1. The molecule has 0 aromatic heterocycles. The highest BCUT2D eigenvalue weighted by Crippen LogP contribution is 2.36. The van der Waals surface area contributed by atoms with Crippen molar-refractivity contribution in [2.24, 2.45) is 5.92 Å². The molecule has 0 aromatic rings. The number of amides is 1. The molecule has 0 aromatic carbocycles. The summed E-state index contributed by atoms with van der Waals surface area (Å²) in [6.07, 6.45) is 1.06. The van der Waals surface area contributed by atoms with Gasteiger partial charge in [0.2, 0.25) is 5.91 Å². The van der Waals surface area contributed by atoms with Crippen molar-refractivity contribution >= 4 is 11.9 Å². The SMILES string of the molecule is COC(=O)[C@@]1(NC(C)=O)CC[C@@H]1OCC(C)C. The fraction of sp³-hybridized carbons (Fsp3) is 0.833. The molecule has 0 heterocycles. The predicted molar refractivity (Wildman–Crippen MR) is 62.4 cm³/mol. The minimum absolute atomic E-state index is 0.242. The highest BCUT2D eigenvalue weighted by molar-refractivity contribution is 5.89. The van der Waals surface area contributed by atoms with Crippen LogP contribution in [0.4, 0.5) is 0 Å². The van der Waals surface area contributed by atoms with Gasteiger partial charge in [0.25, 0.3) is 0 Å². The van der Waals surface area contributed by atoms with E-state index in [1.54, 1.807) is 0 Å². The molecular weight excluding hydrogens is 222 g/mol. The van der Waals surface area contributed by atoms with Gasteiger partial charge in [0.05, 0.1) is 13.2 Å². The fourth-order valence-corrected chi connectivity index (χ4v) is 2.01. The van der Waals surface area contributed by atoms with Gasteiger partial charge in [0, 0.05) is 13.5 Å². The zero-order valence-electron chi connectivity index (χ0n) is 10.9. The summed E-state index contributed by atoms with van der Waals surface area (Å²) in [4.78, 5) is 23.0. The molecule has 17 heavy (non-hydrogen) atoms. The summed E-state index contributed by atoms with van der Waals surface area (Å²) in [5.74, 6) is -0.274. The van der Waals surface area contributed by atoms with Gasteiger partial charge in [-0.1, -0.05) is 13.8 Å². The van der Waals surface area contributed by atoms with Crippen molar-refractivity contribution in [2.45, 2.75) is 45.3 Å². The highest BCUT2D eigenvalue weighted by Gasteiger charge is 2.55. The molecule has 98 valence electrons. The van der Waals surface area contributed by atoms with Crippen molar-refractivity contribution < 1.29 is 19.1 Å². The first-order valence-electron chi connectivity index (χ1n) is 5.91. The van der Waals surface area contributed by atoms with E-state index in [-0.39, 0.29) is 12.0 Å². The van der Waals surface area contributed by atoms with Crippen LogP contribution in [-0.2, 0) is 19.1 Å². The van der Waals surface area contributed by atoms with Crippen LogP contribution in [0.1, 0.15) is 33.6 Å². The second kappa shape index (κ2) is 5.49. The van der Waals surface area contributed by atoms with Gasteiger partial charge in [-0.3, -0.25) is 4.79 Å². The Labute approximate surface area is 102 Å². The lowest BCUT2D eigenvalue weighted by atomic mass is 9.73. The van der Waals surface area contributed by atoms with Crippen molar-refractivity contribution in [1.29, 1.82) is 0 Å². The predicted octanol–water partition coefficient (Wildman–Crippen LogP) is 0.869. The molecule has 1 N–H and O–H groups in total. The lowest BCUT2D eigenvalue weighted by Crippen LogP contribution is -2.68. The summed E-state index contributed by atoms with van der Waals surface area (Å²) in [5, 5.41) is 2.68. The summed E-state index contributed by atoms with van der Waals surface area (Å²) < 4.78 is 10.4. The molecule has 0 aliphatic heterocycles. The van der Waals surface area contributed by atoms with Gasteiger partial charge in [-0.05, 0) is 18.8 Å². The maximum atomic E-state index is 11.8.